The lowest BCUT2D eigenvalue weighted by molar-refractivity contribution is 0.671. The van der Waals surface area contributed by atoms with Crippen LogP contribution in [0.2, 0.25) is 0 Å². The third-order valence-electron chi connectivity index (χ3n) is 11.4. The molecule has 0 fully saturated rings. The molecule has 0 amide bonds. The first kappa shape index (κ1) is 27.5. The van der Waals surface area contributed by atoms with Crippen LogP contribution >= 0.6 is 0 Å². The van der Waals surface area contributed by atoms with Gasteiger partial charge in [-0.15, -0.1) is 0 Å². The molecule has 0 bridgehead atoms. The van der Waals surface area contributed by atoms with Crippen molar-refractivity contribution in [1.82, 2.24) is 18.9 Å². The van der Waals surface area contributed by atoms with Crippen molar-refractivity contribution in [3.8, 4) is 17.2 Å². The fourth-order valence-electron chi connectivity index (χ4n) is 9.29. The van der Waals surface area contributed by atoms with Gasteiger partial charge in [0.2, 0.25) is 5.95 Å². The SMILES string of the molecule is c1ccc(-c2nc(-n3c4cccc5c4c4c(cc6c7ccccc7oc6c43)c3cccc4c6ccccc6n5c34)nc3ccc4ccccc4c23)cc1. The second kappa shape index (κ2) is 9.75. The van der Waals surface area contributed by atoms with Crippen molar-refractivity contribution in [1.29, 1.82) is 0 Å². The highest BCUT2D eigenvalue weighted by Crippen LogP contribution is 2.48. The van der Waals surface area contributed by atoms with E-state index in [1.165, 1.54) is 32.6 Å². The minimum Gasteiger partial charge on any atom is -0.454 e. The Hall–Kier alpha value is -7.24. The summed E-state index contributed by atoms with van der Waals surface area (Å²) in [6, 6.07) is 56.2. The number of furan rings is 1. The average molecular weight is 675 g/mol. The molecule has 244 valence electrons. The summed E-state index contributed by atoms with van der Waals surface area (Å²) in [6.07, 6.45) is 0. The van der Waals surface area contributed by atoms with Gasteiger partial charge in [0, 0.05) is 48.7 Å². The van der Waals surface area contributed by atoms with Crippen LogP contribution in [-0.2, 0) is 0 Å². The van der Waals surface area contributed by atoms with Crippen molar-refractivity contribution in [3.05, 3.63) is 158 Å². The summed E-state index contributed by atoms with van der Waals surface area (Å²) in [6.45, 7) is 0. The summed E-state index contributed by atoms with van der Waals surface area (Å²) in [5, 5.41) is 12.7. The number of para-hydroxylation sites is 3. The van der Waals surface area contributed by atoms with E-state index < -0.39 is 0 Å². The molecule has 0 radical (unpaired) electrons. The van der Waals surface area contributed by atoms with Crippen molar-refractivity contribution in [2.45, 2.75) is 0 Å². The Bertz CT molecular complexity index is 3680. The molecule has 8 aromatic carbocycles. The van der Waals surface area contributed by atoms with E-state index >= 15 is 0 Å². The molecule has 53 heavy (non-hydrogen) atoms. The van der Waals surface area contributed by atoms with Crippen molar-refractivity contribution >= 4 is 104 Å². The highest BCUT2D eigenvalue weighted by molar-refractivity contribution is 6.36. The summed E-state index contributed by atoms with van der Waals surface area (Å²) in [4.78, 5) is 11.0. The van der Waals surface area contributed by atoms with E-state index in [2.05, 4.69) is 161 Å². The Balaban J connectivity index is 1.32. The third-order valence-corrected chi connectivity index (χ3v) is 11.4. The fraction of sp³-hybridized carbons (Fsp3) is 0. The van der Waals surface area contributed by atoms with E-state index in [0.29, 0.717) is 5.95 Å². The quantitative estimate of drug-likeness (QED) is 0.172. The lowest BCUT2D eigenvalue weighted by atomic mass is 10.0. The van der Waals surface area contributed by atoms with Gasteiger partial charge in [-0.1, -0.05) is 121 Å². The molecule has 0 atom stereocenters. The molecule has 0 saturated heterocycles. The first-order valence-electron chi connectivity index (χ1n) is 18.0. The molecule has 0 N–H and O–H groups in total. The molecule has 5 heteroatoms. The van der Waals surface area contributed by atoms with Crippen LogP contribution in [0.1, 0.15) is 0 Å². The molecule has 13 rings (SSSR count). The molecule has 0 aliphatic carbocycles. The second-order valence-electron chi connectivity index (χ2n) is 14.1. The van der Waals surface area contributed by atoms with Crippen LogP contribution in [0.15, 0.2) is 162 Å². The molecule has 0 saturated carbocycles. The normalized spacial score (nSPS) is 12.5. The standard InChI is InChI=1S/C48H26N4O/c1-2-13-28(14-3-1)44-41-29-15-5-4-12-27(29)24-25-36(41)49-48(50-44)52-39-22-11-21-38-43(39)42-34(26-35-31-17-7-9-23-40(31)53-47(35)46(42)52)33-19-10-18-32-30-16-6-8-20-37(30)51(38)45(32)33/h1-26H. The predicted octanol–water partition coefficient (Wildman–Crippen LogP) is 12.6. The zero-order valence-electron chi connectivity index (χ0n) is 28.2. The number of aromatic nitrogens is 4. The van der Waals surface area contributed by atoms with Crippen LogP contribution in [0.4, 0.5) is 0 Å². The van der Waals surface area contributed by atoms with Gasteiger partial charge >= 0.3 is 0 Å². The van der Waals surface area contributed by atoms with Gasteiger partial charge in [0.25, 0.3) is 0 Å². The van der Waals surface area contributed by atoms with Gasteiger partial charge in [-0.05, 0) is 52.6 Å². The Morgan fingerprint density at radius 1 is 0.434 bits per heavy atom. The minimum atomic E-state index is 0.610. The van der Waals surface area contributed by atoms with E-state index in [0.717, 1.165) is 82.2 Å². The Kier molecular flexibility index (Phi) is 5.06. The Morgan fingerprint density at radius 2 is 1.13 bits per heavy atom. The van der Waals surface area contributed by atoms with Crippen LogP contribution in [0.25, 0.3) is 121 Å². The number of hydrogen-bond donors (Lipinski definition) is 0. The van der Waals surface area contributed by atoms with Gasteiger partial charge in [-0.3, -0.25) is 4.57 Å². The highest BCUT2D eigenvalue weighted by Gasteiger charge is 2.27. The fourth-order valence-corrected chi connectivity index (χ4v) is 9.29. The molecule has 5 heterocycles. The maximum Gasteiger partial charge on any atom is 0.235 e. The summed E-state index contributed by atoms with van der Waals surface area (Å²) < 4.78 is 11.6. The second-order valence-corrected chi connectivity index (χ2v) is 14.1. The maximum absolute atomic E-state index is 6.90. The monoisotopic (exact) mass is 674 g/mol. The van der Waals surface area contributed by atoms with Crippen LogP contribution < -0.4 is 0 Å². The lowest BCUT2D eigenvalue weighted by Gasteiger charge is -2.14. The smallest absolute Gasteiger partial charge is 0.235 e. The number of hydrogen-bond acceptors (Lipinski definition) is 3. The van der Waals surface area contributed by atoms with Crippen LogP contribution in [0.5, 0.6) is 0 Å². The third kappa shape index (κ3) is 3.42. The molecule has 5 nitrogen and oxygen atoms in total. The Labute approximate surface area is 300 Å². The molecule has 13 aromatic rings. The molecule has 0 aliphatic rings. The molecule has 0 unspecified atom stereocenters. The Morgan fingerprint density at radius 3 is 2.04 bits per heavy atom. The van der Waals surface area contributed by atoms with Crippen LogP contribution in [-0.4, -0.2) is 18.9 Å². The molecular weight excluding hydrogens is 649 g/mol. The predicted molar refractivity (Wildman–Crippen MR) is 219 cm³/mol. The number of rotatable bonds is 2. The first-order valence-corrected chi connectivity index (χ1v) is 18.0. The largest absolute Gasteiger partial charge is 0.454 e. The van der Waals surface area contributed by atoms with Gasteiger partial charge < -0.3 is 8.82 Å². The topological polar surface area (TPSA) is 48.3 Å². The summed E-state index contributed by atoms with van der Waals surface area (Å²) >= 11 is 0. The molecule has 5 aromatic heterocycles. The van der Waals surface area contributed by atoms with Crippen molar-refractivity contribution in [2.24, 2.45) is 0 Å². The van der Waals surface area contributed by atoms with E-state index in [1.54, 1.807) is 0 Å². The van der Waals surface area contributed by atoms with Crippen LogP contribution in [0.3, 0.4) is 0 Å². The van der Waals surface area contributed by atoms with E-state index in [9.17, 15) is 0 Å². The first-order chi connectivity index (χ1) is 26.3. The van der Waals surface area contributed by atoms with E-state index in [4.69, 9.17) is 14.4 Å². The van der Waals surface area contributed by atoms with Crippen molar-refractivity contribution < 1.29 is 4.42 Å². The summed E-state index contributed by atoms with van der Waals surface area (Å²) in [5.74, 6) is 0.610. The minimum absolute atomic E-state index is 0.610. The zero-order chi connectivity index (χ0) is 34.4. The number of nitrogens with zero attached hydrogens (tertiary/aromatic N) is 4. The molecule has 0 spiro atoms. The maximum atomic E-state index is 6.90. The van der Waals surface area contributed by atoms with Crippen molar-refractivity contribution in [2.75, 3.05) is 0 Å². The van der Waals surface area contributed by atoms with Gasteiger partial charge in [0.1, 0.15) is 11.1 Å². The molecule has 0 aliphatic heterocycles. The number of benzene rings is 8. The van der Waals surface area contributed by atoms with Crippen LogP contribution in [0, 0.1) is 0 Å². The average Bonchev–Trinajstić information content (AvgIpc) is 3.86. The number of fused-ring (bicyclic) bond motifs is 12. The van der Waals surface area contributed by atoms with Gasteiger partial charge in [-0.2, -0.15) is 0 Å². The van der Waals surface area contributed by atoms with Gasteiger partial charge in [-0.25, -0.2) is 9.97 Å². The lowest BCUT2D eigenvalue weighted by Crippen LogP contribution is -2.04. The highest BCUT2D eigenvalue weighted by atomic mass is 16.3. The van der Waals surface area contributed by atoms with E-state index in [-0.39, 0.29) is 0 Å². The summed E-state index contributed by atoms with van der Waals surface area (Å²) in [7, 11) is 0. The van der Waals surface area contributed by atoms with Crippen molar-refractivity contribution in [3.63, 3.8) is 0 Å². The van der Waals surface area contributed by atoms with E-state index in [1.807, 2.05) is 6.07 Å². The van der Waals surface area contributed by atoms with Gasteiger partial charge in [0.15, 0.2) is 5.58 Å². The molecular formula is C48H26N4O. The van der Waals surface area contributed by atoms with Gasteiger partial charge in [0.05, 0.1) is 33.3 Å². The zero-order valence-corrected chi connectivity index (χ0v) is 28.2. The summed E-state index contributed by atoms with van der Waals surface area (Å²) in [5.41, 5.74) is 10.1.